The SMILES string of the molecule is COCCO[C@@H]1[C@H](OC(=O)c2ccccc2)[C@@H](CC(O)P(C)(C)=O)O[C@H]1n1cc(C)c(=O)[nH]c1=O. The minimum atomic E-state index is -2.93. The molecule has 2 N–H and O–H groups in total. The Morgan fingerprint density at radius 3 is 2.51 bits per heavy atom. The Hall–Kier alpha value is -2.56. The number of aryl methyl sites for hydroxylation is 1. The van der Waals surface area contributed by atoms with E-state index in [9.17, 15) is 24.1 Å². The molecule has 2 heterocycles. The Kier molecular flexibility index (Phi) is 8.84. The number of aromatic nitrogens is 2. The van der Waals surface area contributed by atoms with Crippen LogP contribution in [0, 0.1) is 6.92 Å². The van der Waals surface area contributed by atoms with E-state index in [-0.39, 0.29) is 25.2 Å². The molecule has 35 heavy (non-hydrogen) atoms. The number of hydrogen-bond donors (Lipinski definition) is 2. The summed E-state index contributed by atoms with van der Waals surface area (Å²) in [5, 5.41) is 10.5. The highest BCUT2D eigenvalue weighted by Crippen LogP contribution is 2.45. The molecule has 0 bridgehead atoms. The van der Waals surface area contributed by atoms with Crippen LogP contribution in [0.25, 0.3) is 0 Å². The van der Waals surface area contributed by atoms with Crippen molar-refractivity contribution in [3.8, 4) is 0 Å². The van der Waals surface area contributed by atoms with E-state index in [1.165, 1.54) is 33.6 Å². The molecule has 0 radical (unpaired) electrons. The molecule has 0 aliphatic carbocycles. The zero-order chi connectivity index (χ0) is 25.8. The average molecular weight is 510 g/mol. The third kappa shape index (κ3) is 6.56. The summed E-state index contributed by atoms with van der Waals surface area (Å²) in [6, 6.07) is 8.30. The smallest absolute Gasteiger partial charge is 0.338 e. The van der Waals surface area contributed by atoms with Gasteiger partial charge in [-0.3, -0.25) is 14.3 Å². The maximum Gasteiger partial charge on any atom is 0.338 e. The molecule has 1 aromatic carbocycles. The number of nitrogens with zero attached hydrogens (tertiary/aromatic N) is 1. The highest BCUT2D eigenvalue weighted by Gasteiger charge is 2.50. The molecule has 3 rings (SSSR count). The summed E-state index contributed by atoms with van der Waals surface area (Å²) >= 11 is 0. The van der Waals surface area contributed by atoms with Crippen molar-refractivity contribution in [3.05, 3.63) is 68.5 Å². The zero-order valence-corrected chi connectivity index (χ0v) is 21.0. The molecule has 12 heteroatoms. The van der Waals surface area contributed by atoms with Gasteiger partial charge in [-0.1, -0.05) is 18.2 Å². The highest BCUT2D eigenvalue weighted by atomic mass is 31.2. The van der Waals surface area contributed by atoms with Gasteiger partial charge in [-0.05, 0) is 32.4 Å². The number of aromatic amines is 1. The van der Waals surface area contributed by atoms with Crippen molar-refractivity contribution < 1.29 is 33.4 Å². The minimum Gasteiger partial charge on any atom is -0.453 e. The van der Waals surface area contributed by atoms with Gasteiger partial charge in [0.1, 0.15) is 25.2 Å². The first-order valence-corrected chi connectivity index (χ1v) is 13.8. The van der Waals surface area contributed by atoms with E-state index < -0.39 is 54.7 Å². The lowest BCUT2D eigenvalue weighted by atomic mass is 10.1. The number of ether oxygens (including phenoxy) is 4. The number of aliphatic hydroxyl groups is 1. The fourth-order valence-corrected chi connectivity index (χ4v) is 4.43. The van der Waals surface area contributed by atoms with Crippen LogP contribution in [0.2, 0.25) is 0 Å². The summed E-state index contributed by atoms with van der Waals surface area (Å²) in [7, 11) is -1.44. The summed E-state index contributed by atoms with van der Waals surface area (Å²) in [4.78, 5) is 39.7. The molecule has 1 saturated heterocycles. The predicted octanol–water partition coefficient (Wildman–Crippen LogP) is 1.33. The van der Waals surface area contributed by atoms with Crippen molar-refractivity contribution >= 4 is 13.1 Å². The Balaban J connectivity index is 2.02. The molecular weight excluding hydrogens is 479 g/mol. The van der Waals surface area contributed by atoms with Crippen LogP contribution in [-0.4, -0.2) is 78.4 Å². The molecule has 192 valence electrons. The van der Waals surface area contributed by atoms with Crippen molar-refractivity contribution in [2.75, 3.05) is 33.7 Å². The van der Waals surface area contributed by atoms with E-state index >= 15 is 0 Å². The molecule has 5 atom stereocenters. The van der Waals surface area contributed by atoms with Gasteiger partial charge in [0.2, 0.25) is 0 Å². The van der Waals surface area contributed by atoms with Crippen molar-refractivity contribution in [3.63, 3.8) is 0 Å². The van der Waals surface area contributed by atoms with Gasteiger partial charge in [0, 0.05) is 25.3 Å². The molecule has 1 unspecified atom stereocenters. The van der Waals surface area contributed by atoms with E-state index in [4.69, 9.17) is 18.9 Å². The molecule has 1 aromatic heterocycles. The van der Waals surface area contributed by atoms with Crippen LogP contribution in [0.1, 0.15) is 28.6 Å². The maximum absolute atomic E-state index is 12.9. The number of H-pyrrole nitrogens is 1. The summed E-state index contributed by atoms with van der Waals surface area (Å²) < 4.78 is 36.5. The topological polar surface area (TPSA) is 146 Å². The third-order valence-corrected chi connectivity index (χ3v) is 7.36. The Morgan fingerprint density at radius 2 is 1.89 bits per heavy atom. The molecule has 0 amide bonds. The number of aliphatic hydroxyl groups excluding tert-OH is 1. The second-order valence-corrected chi connectivity index (χ2v) is 12.2. The van der Waals surface area contributed by atoms with Crippen LogP contribution in [0.4, 0.5) is 0 Å². The first kappa shape index (κ1) is 27.0. The van der Waals surface area contributed by atoms with Crippen molar-refractivity contribution in [1.29, 1.82) is 0 Å². The molecule has 0 spiro atoms. The maximum atomic E-state index is 12.9. The van der Waals surface area contributed by atoms with Crippen molar-refractivity contribution in [2.45, 2.75) is 43.7 Å². The van der Waals surface area contributed by atoms with Crippen LogP contribution in [0.5, 0.6) is 0 Å². The van der Waals surface area contributed by atoms with Crippen LogP contribution in [-0.2, 0) is 23.5 Å². The number of hydrogen-bond acceptors (Lipinski definition) is 9. The van der Waals surface area contributed by atoms with Crippen molar-refractivity contribution in [1.82, 2.24) is 9.55 Å². The Bertz CT molecular complexity index is 1170. The van der Waals surface area contributed by atoms with E-state index in [1.807, 2.05) is 0 Å². The van der Waals surface area contributed by atoms with Crippen LogP contribution in [0.3, 0.4) is 0 Å². The lowest BCUT2D eigenvalue weighted by Crippen LogP contribution is -2.42. The molecule has 0 saturated carbocycles. The van der Waals surface area contributed by atoms with Crippen LogP contribution >= 0.6 is 7.14 Å². The lowest BCUT2D eigenvalue weighted by molar-refractivity contribution is -0.0825. The minimum absolute atomic E-state index is 0.0901. The Morgan fingerprint density at radius 1 is 1.20 bits per heavy atom. The van der Waals surface area contributed by atoms with E-state index in [1.54, 1.807) is 30.3 Å². The van der Waals surface area contributed by atoms with Crippen molar-refractivity contribution in [2.24, 2.45) is 0 Å². The fourth-order valence-electron chi connectivity index (χ4n) is 3.71. The lowest BCUT2D eigenvalue weighted by Gasteiger charge is -2.26. The van der Waals surface area contributed by atoms with Gasteiger partial charge in [0.05, 0.1) is 18.8 Å². The van der Waals surface area contributed by atoms with Gasteiger partial charge in [0.25, 0.3) is 5.56 Å². The molecule has 11 nitrogen and oxygen atoms in total. The van der Waals surface area contributed by atoms with Gasteiger partial charge in [0.15, 0.2) is 12.3 Å². The second kappa shape index (κ2) is 11.5. The van der Waals surface area contributed by atoms with E-state index in [2.05, 4.69) is 4.98 Å². The molecule has 1 aliphatic rings. The van der Waals surface area contributed by atoms with Gasteiger partial charge in [-0.15, -0.1) is 0 Å². The molecule has 1 aliphatic heterocycles. The van der Waals surface area contributed by atoms with Gasteiger partial charge in [-0.2, -0.15) is 0 Å². The van der Waals surface area contributed by atoms with Crippen LogP contribution in [0.15, 0.2) is 46.1 Å². The first-order chi connectivity index (χ1) is 16.5. The number of rotatable bonds is 10. The number of carbonyl (C=O) groups excluding carboxylic acids is 1. The predicted molar refractivity (Wildman–Crippen MR) is 127 cm³/mol. The fraction of sp³-hybridized carbons (Fsp3) is 0.522. The number of methoxy groups -OCH3 is 1. The molecule has 1 fully saturated rings. The van der Waals surface area contributed by atoms with Crippen LogP contribution < -0.4 is 11.2 Å². The monoisotopic (exact) mass is 510 g/mol. The van der Waals surface area contributed by atoms with Gasteiger partial charge >= 0.3 is 11.7 Å². The molecular formula is C23H31N2O9P. The normalized spacial score (nSPS) is 23.2. The highest BCUT2D eigenvalue weighted by molar-refractivity contribution is 7.62. The average Bonchev–Trinajstić information content (AvgIpc) is 3.13. The summed E-state index contributed by atoms with van der Waals surface area (Å²) in [6.07, 6.45) is -2.92. The number of carbonyl (C=O) groups is 1. The summed E-state index contributed by atoms with van der Waals surface area (Å²) in [6.45, 7) is 4.72. The number of nitrogens with one attached hydrogen (secondary N) is 1. The second-order valence-electron chi connectivity index (χ2n) is 8.76. The van der Waals surface area contributed by atoms with Gasteiger partial charge in [-0.25, -0.2) is 9.59 Å². The quantitative estimate of drug-likeness (QED) is 0.275. The largest absolute Gasteiger partial charge is 0.453 e. The first-order valence-electron chi connectivity index (χ1n) is 11.1. The zero-order valence-electron chi connectivity index (χ0n) is 20.1. The number of esters is 1. The Labute approximate surface area is 202 Å². The molecule has 2 aromatic rings. The van der Waals surface area contributed by atoms with E-state index in [0.717, 1.165) is 4.57 Å². The summed E-state index contributed by atoms with van der Waals surface area (Å²) in [5.41, 5.74) is -0.730. The third-order valence-electron chi connectivity index (χ3n) is 5.72. The van der Waals surface area contributed by atoms with E-state index in [0.29, 0.717) is 5.56 Å². The summed E-state index contributed by atoms with van der Waals surface area (Å²) in [5.74, 6) is -1.89. The standard InChI is InChI=1S/C23H31N2O9P/c1-14-13-25(23(29)24-20(14)27)21-19(32-11-10-31-2)18(16(33-21)12-17(26)35(3,4)30)34-22(28)15-8-6-5-7-9-15/h5-9,13,16-19,21,26H,10-12H2,1-4H3,(H,24,27,29)/t16-,17?,18-,19-,21-/m1/s1. The van der Waals surface area contributed by atoms with Gasteiger partial charge < -0.3 is 28.6 Å². The number of benzene rings is 1.